The van der Waals surface area contributed by atoms with Gasteiger partial charge in [0, 0.05) is 17.5 Å². The van der Waals surface area contributed by atoms with Crippen LogP contribution in [0.15, 0.2) is 12.1 Å². The molecular formula is C13H22ClNOS. The molecule has 0 fully saturated rings. The Morgan fingerprint density at radius 2 is 2.12 bits per heavy atom. The van der Waals surface area contributed by atoms with Crippen LogP contribution in [-0.4, -0.2) is 24.8 Å². The maximum absolute atomic E-state index is 5.96. The second-order valence-electron chi connectivity index (χ2n) is 4.56. The van der Waals surface area contributed by atoms with Crippen molar-refractivity contribution in [2.24, 2.45) is 0 Å². The van der Waals surface area contributed by atoms with Crippen LogP contribution in [0.1, 0.15) is 32.6 Å². The van der Waals surface area contributed by atoms with Crippen LogP contribution in [0, 0.1) is 0 Å². The molecule has 0 spiro atoms. The molecule has 0 saturated carbocycles. The normalized spacial score (nSPS) is 13.9. The summed E-state index contributed by atoms with van der Waals surface area (Å²) in [5.41, 5.74) is -0.165. The van der Waals surface area contributed by atoms with E-state index in [0.717, 1.165) is 23.9 Å². The molecule has 17 heavy (non-hydrogen) atoms. The molecule has 0 amide bonds. The molecule has 98 valence electrons. The molecule has 1 aromatic rings. The van der Waals surface area contributed by atoms with Crippen molar-refractivity contribution < 1.29 is 4.74 Å². The van der Waals surface area contributed by atoms with Crippen molar-refractivity contribution in [3.63, 3.8) is 0 Å². The molecule has 1 aromatic heterocycles. The molecule has 0 aliphatic rings. The van der Waals surface area contributed by atoms with Gasteiger partial charge in [0.2, 0.25) is 0 Å². The first kappa shape index (κ1) is 15.0. The predicted octanol–water partition coefficient (Wildman–Crippen LogP) is 3.74. The van der Waals surface area contributed by atoms with Crippen molar-refractivity contribution in [2.75, 3.05) is 13.2 Å². The summed E-state index contributed by atoms with van der Waals surface area (Å²) in [4.78, 5) is 1.30. The van der Waals surface area contributed by atoms with Crippen LogP contribution >= 0.6 is 22.9 Å². The number of likely N-dealkylation sites (N-methyl/N-ethyl adjacent to an activating group) is 1. The fraction of sp³-hybridized carbons (Fsp3) is 0.692. The average molecular weight is 276 g/mol. The zero-order chi connectivity index (χ0) is 12.9. The van der Waals surface area contributed by atoms with E-state index in [1.165, 1.54) is 4.88 Å². The SMILES string of the molecule is CCNC(Cc1ccc(Cl)s1)C(C)(C)OCC. The largest absolute Gasteiger partial charge is 0.374 e. The summed E-state index contributed by atoms with van der Waals surface area (Å²) in [5.74, 6) is 0. The standard InChI is InChI=1S/C13H22ClNOS/c1-5-15-11(13(3,4)16-6-2)9-10-7-8-12(14)17-10/h7-8,11,15H,5-6,9H2,1-4H3. The van der Waals surface area contributed by atoms with Crippen molar-refractivity contribution >= 4 is 22.9 Å². The fourth-order valence-corrected chi connectivity index (χ4v) is 3.08. The van der Waals surface area contributed by atoms with Crippen molar-refractivity contribution in [1.29, 1.82) is 0 Å². The van der Waals surface area contributed by atoms with E-state index in [4.69, 9.17) is 16.3 Å². The first-order valence-electron chi connectivity index (χ1n) is 6.11. The van der Waals surface area contributed by atoms with Gasteiger partial charge in [-0.1, -0.05) is 18.5 Å². The zero-order valence-corrected chi connectivity index (χ0v) is 12.6. The Hall–Kier alpha value is -0.0900. The van der Waals surface area contributed by atoms with Gasteiger partial charge < -0.3 is 10.1 Å². The van der Waals surface area contributed by atoms with Crippen LogP contribution in [0.25, 0.3) is 0 Å². The van der Waals surface area contributed by atoms with Crippen LogP contribution in [0.3, 0.4) is 0 Å². The molecule has 1 unspecified atom stereocenters. The second kappa shape index (κ2) is 6.74. The third kappa shape index (κ3) is 4.59. The van der Waals surface area contributed by atoms with Gasteiger partial charge in [0.25, 0.3) is 0 Å². The molecule has 0 aliphatic heterocycles. The Bertz CT molecular complexity index is 338. The first-order chi connectivity index (χ1) is 7.99. The molecule has 0 saturated heterocycles. The number of thiophene rings is 1. The molecular weight excluding hydrogens is 254 g/mol. The van der Waals surface area contributed by atoms with Crippen molar-refractivity contribution in [1.82, 2.24) is 5.32 Å². The molecule has 1 atom stereocenters. The van der Waals surface area contributed by atoms with Gasteiger partial charge in [0.1, 0.15) is 0 Å². The van der Waals surface area contributed by atoms with E-state index in [1.807, 2.05) is 13.0 Å². The Balaban J connectivity index is 2.71. The summed E-state index contributed by atoms with van der Waals surface area (Å²) >= 11 is 7.61. The smallest absolute Gasteiger partial charge is 0.0931 e. The molecule has 0 aromatic carbocycles. The first-order valence-corrected chi connectivity index (χ1v) is 7.30. The van der Waals surface area contributed by atoms with E-state index in [-0.39, 0.29) is 5.60 Å². The number of halogens is 1. The fourth-order valence-electron chi connectivity index (χ4n) is 1.95. The highest BCUT2D eigenvalue weighted by Crippen LogP contribution is 2.26. The maximum atomic E-state index is 5.96. The Morgan fingerprint density at radius 1 is 1.41 bits per heavy atom. The minimum absolute atomic E-state index is 0.165. The van der Waals surface area contributed by atoms with Gasteiger partial charge in [-0.3, -0.25) is 0 Å². The van der Waals surface area contributed by atoms with Crippen LogP contribution in [0.2, 0.25) is 4.34 Å². The second-order valence-corrected chi connectivity index (χ2v) is 6.36. The molecule has 1 N–H and O–H groups in total. The van der Waals surface area contributed by atoms with Crippen molar-refractivity contribution in [2.45, 2.75) is 45.8 Å². The van der Waals surface area contributed by atoms with E-state index < -0.39 is 0 Å². The average Bonchev–Trinajstić information content (AvgIpc) is 2.63. The number of hydrogen-bond acceptors (Lipinski definition) is 3. The third-order valence-electron chi connectivity index (χ3n) is 2.84. The van der Waals surface area contributed by atoms with E-state index >= 15 is 0 Å². The third-order valence-corrected chi connectivity index (χ3v) is 4.09. The highest BCUT2D eigenvalue weighted by Gasteiger charge is 2.29. The van der Waals surface area contributed by atoms with Gasteiger partial charge in [-0.15, -0.1) is 11.3 Å². The van der Waals surface area contributed by atoms with Gasteiger partial charge in [0.05, 0.1) is 9.94 Å². The topological polar surface area (TPSA) is 21.3 Å². The number of nitrogens with one attached hydrogen (secondary N) is 1. The summed E-state index contributed by atoms with van der Waals surface area (Å²) in [7, 11) is 0. The summed E-state index contributed by atoms with van der Waals surface area (Å²) in [6.07, 6.45) is 0.957. The van der Waals surface area contributed by atoms with Gasteiger partial charge in [-0.05, 0) is 45.9 Å². The molecule has 4 heteroatoms. The number of rotatable bonds is 7. The van der Waals surface area contributed by atoms with Crippen LogP contribution in [0.5, 0.6) is 0 Å². The Morgan fingerprint density at radius 3 is 2.59 bits per heavy atom. The van der Waals surface area contributed by atoms with Gasteiger partial charge in [0.15, 0.2) is 0 Å². The maximum Gasteiger partial charge on any atom is 0.0931 e. The van der Waals surface area contributed by atoms with Gasteiger partial charge in [-0.25, -0.2) is 0 Å². The molecule has 1 heterocycles. The quantitative estimate of drug-likeness (QED) is 0.819. The lowest BCUT2D eigenvalue weighted by molar-refractivity contribution is -0.0375. The highest BCUT2D eigenvalue weighted by molar-refractivity contribution is 7.16. The zero-order valence-electron chi connectivity index (χ0n) is 11.0. The van der Waals surface area contributed by atoms with E-state index in [2.05, 4.69) is 32.2 Å². The Labute approximate surface area is 113 Å². The van der Waals surface area contributed by atoms with E-state index in [9.17, 15) is 0 Å². The van der Waals surface area contributed by atoms with Crippen LogP contribution in [-0.2, 0) is 11.2 Å². The molecule has 0 bridgehead atoms. The number of ether oxygens (including phenoxy) is 1. The van der Waals surface area contributed by atoms with Crippen molar-refractivity contribution in [3.8, 4) is 0 Å². The highest BCUT2D eigenvalue weighted by atomic mass is 35.5. The molecule has 0 radical (unpaired) electrons. The van der Waals surface area contributed by atoms with E-state index in [1.54, 1.807) is 11.3 Å². The van der Waals surface area contributed by atoms with Crippen LogP contribution in [0.4, 0.5) is 0 Å². The molecule has 1 rings (SSSR count). The molecule has 2 nitrogen and oxygen atoms in total. The summed E-state index contributed by atoms with van der Waals surface area (Å²) < 4.78 is 6.68. The minimum atomic E-state index is -0.165. The lowest BCUT2D eigenvalue weighted by Gasteiger charge is -2.34. The number of hydrogen-bond donors (Lipinski definition) is 1. The van der Waals surface area contributed by atoms with E-state index in [0.29, 0.717) is 6.04 Å². The predicted molar refractivity (Wildman–Crippen MR) is 76.2 cm³/mol. The minimum Gasteiger partial charge on any atom is -0.374 e. The monoisotopic (exact) mass is 275 g/mol. The molecule has 0 aliphatic carbocycles. The van der Waals surface area contributed by atoms with Gasteiger partial charge in [-0.2, -0.15) is 0 Å². The van der Waals surface area contributed by atoms with Crippen molar-refractivity contribution in [3.05, 3.63) is 21.3 Å². The summed E-state index contributed by atoms with van der Waals surface area (Å²) in [6.45, 7) is 10.1. The van der Waals surface area contributed by atoms with Gasteiger partial charge >= 0.3 is 0 Å². The lowest BCUT2D eigenvalue weighted by atomic mass is 9.94. The van der Waals surface area contributed by atoms with Crippen LogP contribution < -0.4 is 5.32 Å². The summed E-state index contributed by atoms with van der Waals surface area (Å²) in [6, 6.07) is 4.36. The summed E-state index contributed by atoms with van der Waals surface area (Å²) in [5, 5.41) is 3.50. The Kier molecular flexibility index (Phi) is 5.93. The lowest BCUT2D eigenvalue weighted by Crippen LogP contribution is -2.49.